The van der Waals surface area contributed by atoms with Gasteiger partial charge in [-0.3, -0.25) is 38.4 Å². The molecule has 6 fully saturated rings. The lowest BCUT2D eigenvalue weighted by Gasteiger charge is -2.22. The van der Waals surface area contributed by atoms with Crippen LogP contribution in [-0.4, -0.2) is 113 Å². The minimum absolute atomic E-state index is 0. The number of rotatable bonds is 16. The lowest BCUT2D eigenvalue weighted by Crippen LogP contribution is -2.33. The molecule has 0 bridgehead atoms. The van der Waals surface area contributed by atoms with E-state index in [-0.39, 0.29) is 60.7 Å². The Morgan fingerprint density at radius 2 is 0.919 bits per heavy atom. The molecule has 5 saturated heterocycles. The molecule has 16 unspecified atom stereocenters. The van der Waals surface area contributed by atoms with Crippen LogP contribution in [0.1, 0.15) is 36.1 Å². The summed E-state index contributed by atoms with van der Waals surface area (Å²) in [6.07, 6.45) is 9.53. The quantitative estimate of drug-likeness (QED) is 0.0701. The van der Waals surface area contributed by atoms with Gasteiger partial charge in [-0.2, -0.15) is 0 Å². The molecule has 0 aromatic carbocycles. The van der Waals surface area contributed by atoms with Gasteiger partial charge in [-0.05, 0) is 18.3 Å². The lowest BCUT2D eigenvalue weighted by atomic mass is 9.86. The largest absolute Gasteiger partial charge is 0.469 e. The molecule has 5 heterocycles. The van der Waals surface area contributed by atoms with Gasteiger partial charge in [0.05, 0.1) is 75.9 Å². The highest BCUT2D eigenvalue weighted by Crippen LogP contribution is 2.46. The Bertz CT molecular complexity index is 1610. The van der Waals surface area contributed by atoms with Crippen LogP contribution in [0.3, 0.4) is 0 Å². The maximum absolute atomic E-state index is 12.4. The molecule has 62 heavy (non-hydrogen) atoms. The van der Waals surface area contributed by atoms with Gasteiger partial charge in [0.1, 0.15) is 23.7 Å². The van der Waals surface area contributed by atoms with E-state index in [0.29, 0.717) is 19.4 Å². The number of esters is 6. The molecule has 0 spiro atoms. The number of hydrogen-bond donors (Lipinski definition) is 0. The molecule has 17 nitrogen and oxygen atoms in total. The first kappa shape index (κ1) is 54.5. The van der Waals surface area contributed by atoms with Crippen LogP contribution in [-0.2, 0) is 81.0 Å². The molecule has 16 atom stereocenters. The average Bonchev–Trinajstić information content (AvgIpc) is 4.06. The highest BCUT2D eigenvalue weighted by Gasteiger charge is 2.59. The highest BCUT2D eigenvalue weighted by atomic mass is 16.6. The van der Waals surface area contributed by atoms with Crippen molar-refractivity contribution in [2.45, 2.75) is 72.8 Å². The van der Waals surface area contributed by atoms with Crippen molar-refractivity contribution in [3.63, 3.8) is 0 Å². The fourth-order valence-corrected chi connectivity index (χ4v) is 8.87. The molecular weight excluding hydrogens is 812 g/mol. The molecule has 0 aromatic heterocycles. The van der Waals surface area contributed by atoms with Crippen LogP contribution in [0.5, 0.6) is 0 Å². The Labute approximate surface area is 363 Å². The first-order valence-corrected chi connectivity index (χ1v) is 18.5. The van der Waals surface area contributed by atoms with Crippen LogP contribution in [0, 0.1) is 59.2 Å². The van der Waals surface area contributed by atoms with E-state index in [1.807, 2.05) is 6.08 Å². The van der Waals surface area contributed by atoms with Crippen molar-refractivity contribution in [1.29, 1.82) is 0 Å². The Morgan fingerprint density at radius 1 is 0.532 bits per heavy atom. The Kier molecular flexibility index (Phi) is 21.3. The van der Waals surface area contributed by atoms with E-state index in [9.17, 15) is 38.4 Å². The van der Waals surface area contributed by atoms with Crippen LogP contribution in [0.25, 0.3) is 0 Å². The van der Waals surface area contributed by atoms with Crippen molar-refractivity contribution in [3.05, 3.63) is 74.9 Å². The normalized spacial score (nSPS) is 36.0. The average molecular weight is 875 g/mol. The molecule has 0 aromatic rings. The maximum Gasteiger partial charge on any atom is 0.320 e. The lowest BCUT2D eigenvalue weighted by molar-refractivity contribution is -0.158. The van der Waals surface area contributed by atoms with Crippen molar-refractivity contribution in [1.82, 2.24) is 0 Å². The number of fused-ring (bicyclic) bond motifs is 2. The predicted molar refractivity (Wildman–Crippen MR) is 222 cm³/mol. The van der Waals surface area contributed by atoms with Crippen molar-refractivity contribution < 1.29 is 81.0 Å². The second kappa shape index (κ2) is 24.2. The van der Waals surface area contributed by atoms with Crippen molar-refractivity contribution in [3.8, 4) is 0 Å². The molecule has 17 heteroatoms. The molecule has 0 N–H and O–H groups in total. The highest BCUT2D eigenvalue weighted by molar-refractivity contribution is 5.98. The molecule has 1 aliphatic carbocycles. The monoisotopic (exact) mass is 874 g/mol. The maximum atomic E-state index is 12.4. The Morgan fingerprint density at radius 3 is 1.34 bits per heavy atom. The number of cyclic esters (lactones) is 4. The van der Waals surface area contributed by atoms with Crippen LogP contribution in [0.15, 0.2) is 74.9 Å². The summed E-state index contributed by atoms with van der Waals surface area (Å²) in [5.74, 6) is -8.76. The summed E-state index contributed by atoms with van der Waals surface area (Å²) in [6.45, 7) is 15.5. The smallest absolute Gasteiger partial charge is 0.320 e. The summed E-state index contributed by atoms with van der Waals surface area (Å²) in [6, 6.07) is 0. The molecule has 5 aliphatic heterocycles. The zero-order chi connectivity index (χ0) is 42.3. The summed E-state index contributed by atoms with van der Waals surface area (Å²) in [7, 11) is 2.56. The Balaban J connectivity index is 0.000000582. The van der Waals surface area contributed by atoms with Crippen LogP contribution in [0.2, 0.25) is 0 Å². The predicted octanol–water partition coefficient (Wildman–Crippen LogP) is 4.10. The third-order valence-electron chi connectivity index (χ3n) is 11.6. The number of ether oxygens (including phenoxy) is 9. The molecular formula is C45H62O17. The van der Waals surface area contributed by atoms with Gasteiger partial charge in [-0.1, -0.05) is 78.3 Å². The van der Waals surface area contributed by atoms with Gasteiger partial charge >= 0.3 is 35.8 Å². The first-order chi connectivity index (χ1) is 27.9. The standard InChI is InChI=1S/C21H24O8.C20H22O9.4CH4/c1-4-11-8-12(16(19(23)26-3)13(11)9-27-10-22)6-7-15-18-17(14(5-2)28-15)20(24)29-21(18)25;1-4-11-10(8-26-9-21)15(18(22)25-3)13(27-11)6-7-14-17-16(12(5-2)28-14)19(23)29-20(17)24;;;;/h4-7,10-18H,1-2,8-9H2,3H3;4-7,9-17H,1-2,8H2,3H3;4*1H4. The number of carbonyl (C=O) groups excluding carboxylic acids is 8. The minimum atomic E-state index is -0.788. The second-order valence-corrected chi connectivity index (χ2v) is 14.3. The van der Waals surface area contributed by atoms with Crippen LogP contribution < -0.4 is 0 Å². The third kappa shape index (κ3) is 10.7. The van der Waals surface area contributed by atoms with Gasteiger partial charge in [-0.15, -0.1) is 26.3 Å². The third-order valence-corrected chi connectivity index (χ3v) is 11.6. The Hall–Kier alpha value is -5.52. The zero-order valence-electron chi connectivity index (χ0n) is 31.9. The summed E-state index contributed by atoms with van der Waals surface area (Å²) in [5.41, 5.74) is 0. The van der Waals surface area contributed by atoms with E-state index in [1.165, 1.54) is 32.4 Å². The number of allylic oxidation sites excluding steroid dienone is 2. The molecule has 0 amide bonds. The van der Waals surface area contributed by atoms with Crippen LogP contribution >= 0.6 is 0 Å². The fourth-order valence-electron chi connectivity index (χ4n) is 8.87. The van der Waals surface area contributed by atoms with Gasteiger partial charge < -0.3 is 42.6 Å². The van der Waals surface area contributed by atoms with Gasteiger partial charge in [-0.25, -0.2) is 0 Å². The van der Waals surface area contributed by atoms with Gasteiger partial charge in [0, 0.05) is 11.8 Å². The van der Waals surface area contributed by atoms with E-state index >= 15 is 0 Å². The van der Waals surface area contributed by atoms with Gasteiger partial charge in [0.2, 0.25) is 0 Å². The van der Waals surface area contributed by atoms with E-state index in [0.717, 1.165) is 0 Å². The van der Waals surface area contributed by atoms with Crippen molar-refractivity contribution in [2.75, 3.05) is 27.4 Å². The van der Waals surface area contributed by atoms with Crippen molar-refractivity contribution in [2.24, 2.45) is 59.2 Å². The summed E-state index contributed by atoms with van der Waals surface area (Å²) in [5, 5.41) is 0. The molecule has 1 saturated carbocycles. The fraction of sp³-hybridized carbons (Fsp3) is 0.556. The molecule has 344 valence electrons. The molecule has 6 rings (SSSR count). The SMILES string of the molecule is C.C.C.C.C=CC1CC(C=CC2OC(C=C)C3C(=O)OC(=O)C23)C(C(=O)OC)C1COC=O.C=CC1OC(C=CC2OC(C=C)C3C(=O)OC(=O)C23)C(C(=O)OC)C1COC=O. The summed E-state index contributed by atoms with van der Waals surface area (Å²) >= 11 is 0. The van der Waals surface area contributed by atoms with E-state index < -0.39 is 114 Å². The zero-order valence-corrected chi connectivity index (χ0v) is 31.9. The van der Waals surface area contributed by atoms with Gasteiger partial charge in [0.25, 0.3) is 12.9 Å². The number of hydrogen-bond acceptors (Lipinski definition) is 17. The molecule has 6 aliphatic rings. The van der Waals surface area contributed by atoms with Crippen molar-refractivity contribution >= 4 is 48.8 Å². The number of methoxy groups -OCH3 is 2. The van der Waals surface area contributed by atoms with E-state index in [4.69, 9.17) is 42.6 Å². The summed E-state index contributed by atoms with van der Waals surface area (Å²) < 4.78 is 46.5. The van der Waals surface area contributed by atoms with Crippen LogP contribution in [0.4, 0.5) is 0 Å². The van der Waals surface area contributed by atoms with E-state index in [2.05, 4.69) is 26.3 Å². The minimum Gasteiger partial charge on any atom is -0.469 e. The second-order valence-electron chi connectivity index (χ2n) is 14.3. The number of carbonyl (C=O) groups is 8. The van der Waals surface area contributed by atoms with E-state index in [1.54, 1.807) is 24.3 Å². The molecule has 0 radical (unpaired) electrons. The first-order valence-electron chi connectivity index (χ1n) is 18.5. The van der Waals surface area contributed by atoms with Gasteiger partial charge in [0.15, 0.2) is 0 Å². The summed E-state index contributed by atoms with van der Waals surface area (Å²) in [4.78, 5) is 94.0. The topological polar surface area (TPSA) is 220 Å².